The molecule has 3 aromatic rings. The average Bonchev–Trinajstić information content (AvgIpc) is 3.33. The fourth-order valence-electron chi connectivity index (χ4n) is 4.39. The first kappa shape index (κ1) is 30.8. The quantitative estimate of drug-likeness (QED) is 0.150. The van der Waals surface area contributed by atoms with E-state index in [1.54, 1.807) is 50.4 Å². The second-order valence-electron chi connectivity index (χ2n) is 10.1. The molecule has 3 amide bonds. The van der Waals surface area contributed by atoms with Crippen LogP contribution in [-0.4, -0.2) is 69.0 Å². The molecule has 218 valence electrons. The minimum atomic E-state index is -1.37. The molecule has 0 bridgehead atoms. The van der Waals surface area contributed by atoms with E-state index in [0.29, 0.717) is 11.1 Å². The lowest BCUT2D eigenvalue weighted by molar-refractivity contribution is -0.142. The van der Waals surface area contributed by atoms with Crippen LogP contribution in [0.1, 0.15) is 31.4 Å². The zero-order valence-corrected chi connectivity index (χ0v) is 22.8. The molecule has 0 aliphatic rings. The van der Waals surface area contributed by atoms with Crippen LogP contribution in [0.5, 0.6) is 0 Å². The molecule has 0 saturated carbocycles. The zero-order valence-electron chi connectivity index (χ0n) is 22.8. The molecule has 0 aliphatic carbocycles. The second-order valence-corrected chi connectivity index (χ2v) is 10.1. The molecule has 2 aromatic carbocycles. The monoisotopic (exact) mass is 565 g/mol. The molecule has 4 atom stereocenters. The van der Waals surface area contributed by atoms with Gasteiger partial charge < -0.3 is 36.9 Å². The predicted molar refractivity (Wildman–Crippen MR) is 151 cm³/mol. The van der Waals surface area contributed by atoms with Crippen molar-refractivity contribution in [3.8, 4) is 0 Å². The van der Waals surface area contributed by atoms with E-state index < -0.39 is 66.2 Å². The second kappa shape index (κ2) is 14.1. The molecule has 12 nitrogen and oxygen atoms in total. The topological polar surface area (TPSA) is 204 Å². The molecule has 0 aliphatic heterocycles. The Labute approximate surface area is 236 Å². The molecule has 1 heterocycles. The van der Waals surface area contributed by atoms with Gasteiger partial charge in [0.15, 0.2) is 0 Å². The first-order valence-corrected chi connectivity index (χ1v) is 13.2. The van der Waals surface area contributed by atoms with Gasteiger partial charge in [-0.3, -0.25) is 19.2 Å². The van der Waals surface area contributed by atoms with E-state index in [1.807, 2.05) is 24.3 Å². The van der Waals surface area contributed by atoms with Gasteiger partial charge in [-0.25, -0.2) is 4.79 Å². The fourth-order valence-corrected chi connectivity index (χ4v) is 4.39. The number of rotatable bonds is 14. The summed E-state index contributed by atoms with van der Waals surface area (Å²) < 4.78 is 0. The summed E-state index contributed by atoms with van der Waals surface area (Å²) in [5.74, 6) is -5.20. The van der Waals surface area contributed by atoms with E-state index in [4.69, 9.17) is 10.8 Å². The Morgan fingerprint density at radius 3 is 2.07 bits per heavy atom. The molecule has 4 unspecified atom stereocenters. The lowest BCUT2D eigenvalue weighted by Gasteiger charge is -2.27. The van der Waals surface area contributed by atoms with Gasteiger partial charge in [0, 0.05) is 29.9 Å². The lowest BCUT2D eigenvalue weighted by atomic mass is 9.99. The summed E-state index contributed by atoms with van der Waals surface area (Å²) in [7, 11) is 0. The third-order valence-electron chi connectivity index (χ3n) is 6.61. The van der Waals surface area contributed by atoms with Gasteiger partial charge in [0.05, 0.1) is 12.5 Å². The Morgan fingerprint density at radius 2 is 1.44 bits per heavy atom. The maximum Gasteiger partial charge on any atom is 0.326 e. The Balaban J connectivity index is 1.85. The predicted octanol–water partition coefficient (Wildman–Crippen LogP) is 0.950. The fraction of sp³-hybridized carbons (Fsp3) is 0.345. The molecule has 3 rings (SSSR count). The van der Waals surface area contributed by atoms with E-state index >= 15 is 0 Å². The minimum Gasteiger partial charge on any atom is -0.481 e. The number of carbonyl (C=O) groups is 5. The highest BCUT2D eigenvalue weighted by Gasteiger charge is 2.32. The molecular weight excluding hydrogens is 530 g/mol. The summed E-state index contributed by atoms with van der Waals surface area (Å²) in [5, 5.41) is 27.3. The van der Waals surface area contributed by atoms with E-state index in [2.05, 4.69) is 20.9 Å². The van der Waals surface area contributed by atoms with Crippen LogP contribution in [0.4, 0.5) is 0 Å². The molecule has 0 radical (unpaired) electrons. The van der Waals surface area contributed by atoms with Crippen LogP contribution in [0.2, 0.25) is 0 Å². The zero-order chi connectivity index (χ0) is 30.1. The molecule has 0 fully saturated rings. The van der Waals surface area contributed by atoms with Gasteiger partial charge in [-0.1, -0.05) is 62.4 Å². The van der Waals surface area contributed by atoms with Crippen molar-refractivity contribution < 1.29 is 34.2 Å². The summed E-state index contributed by atoms with van der Waals surface area (Å²) in [5.41, 5.74) is 7.90. The number of amides is 3. The number of nitrogens with one attached hydrogen (secondary N) is 4. The SMILES string of the molecule is CC(C)C(NC(=O)C(N)CC(=O)O)C(=O)NC(Cc1c[nH]c2ccccc12)C(=O)NC(Cc1ccccc1)C(=O)O. The van der Waals surface area contributed by atoms with Crippen molar-refractivity contribution in [2.45, 2.75) is 57.3 Å². The van der Waals surface area contributed by atoms with Crippen molar-refractivity contribution in [1.82, 2.24) is 20.9 Å². The number of H-pyrrole nitrogens is 1. The van der Waals surface area contributed by atoms with E-state index in [1.165, 1.54) is 0 Å². The normalized spacial score (nSPS) is 14.0. The largest absolute Gasteiger partial charge is 0.481 e. The molecule has 8 N–H and O–H groups in total. The Bertz CT molecular complexity index is 1390. The van der Waals surface area contributed by atoms with Crippen molar-refractivity contribution in [3.63, 3.8) is 0 Å². The van der Waals surface area contributed by atoms with E-state index in [9.17, 15) is 29.1 Å². The number of carbonyl (C=O) groups excluding carboxylic acids is 3. The number of hydrogen-bond donors (Lipinski definition) is 7. The van der Waals surface area contributed by atoms with Crippen molar-refractivity contribution in [2.75, 3.05) is 0 Å². The molecule has 1 aromatic heterocycles. The molecule has 12 heteroatoms. The van der Waals surface area contributed by atoms with Crippen LogP contribution >= 0.6 is 0 Å². The van der Waals surface area contributed by atoms with E-state index in [-0.39, 0.29) is 12.8 Å². The van der Waals surface area contributed by atoms with Crippen LogP contribution < -0.4 is 21.7 Å². The third kappa shape index (κ3) is 8.64. The van der Waals surface area contributed by atoms with Crippen LogP contribution in [0.15, 0.2) is 60.8 Å². The first-order chi connectivity index (χ1) is 19.5. The van der Waals surface area contributed by atoms with Gasteiger partial charge in [-0.15, -0.1) is 0 Å². The highest BCUT2D eigenvalue weighted by atomic mass is 16.4. The number of carboxylic acids is 2. The number of nitrogens with two attached hydrogens (primary N) is 1. The molecule has 0 saturated heterocycles. The first-order valence-electron chi connectivity index (χ1n) is 13.2. The summed E-state index contributed by atoms with van der Waals surface area (Å²) in [4.78, 5) is 65.5. The Hall–Kier alpha value is -4.71. The van der Waals surface area contributed by atoms with E-state index in [0.717, 1.165) is 10.9 Å². The highest BCUT2D eigenvalue weighted by molar-refractivity contribution is 5.95. The lowest BCUT2D eigenvalue weighted by Crippen LogP contribution is -2.59. The van der Waals surface area contributed by atoms with Crippen molar-refractivity contribution >= 4 is 40.6 Å². The average molecular weight is 566 g/mol. The number of para-hydroxylation sites is 1. The summed E-state index contributed by atoms with van der Waals surface area (Å²) in [6.45, 7) is 3.34. The minimum absolute atomic E-state index is 0.0244. The van der Waals surface area contributed by atoms with Crippen LogP contribution in [0, 0.1) is 5.92 Å². The summed E-state index contributed by atoms with van der Waals surface area (Å²) in [6.07, 6.45) is 1.14. The third-order valence-corrected chi connectivity index (χ3v) is 6.61. The van der Waals surface area contributed by atoms with Gasteiger partial charge in [0.2, 0.25) is 17.7 Å². The Morgan fingerprint density at radius 1 is 0.805 bits per heavy atom. The van der Waals surface area contributed by atoms with Gasteiger partial charge >= 0.3 is 11.9 Å². The summed E-state index contributed by atoms with van der Waals surface area (Å²) >= 11 is 0. The van der Waals surface area contributed by atoms with Gasteiger partial charge in [0.25, 0.3) is 0 Å². The number of aliphatic carboxylic acids is 2. The van der Waals surface area contributed by atoms with Crippen LogP contribution in [0.25, 0.3) is 10.9 Å². The van der Waals surface area contributed by atoms with Crippen molar-refractivity contribution in [2.24, 2.45) is 11.7 Å². The number of benzene rings is 2. The van der Waals surface area contributed by atoms with Crippen molar-refractivity contribution in [1.29, 1.82) is 0 Å². The number of carboxylic acid groups (broad SMARTS) is 2. The van der Waals surface area contributed by atoms with Crippen molar-refractivity contribution in [3.05, 3.63) is 71.9 Å². The van der Waals surface area contributed by atoms with Gasteiger partial charge in [0.1, 0.15) is 18.1 Å². The Kier molecular flexibility index (Phi) is 10.6. The standard InChI is InChI=1S/C29H35N5O7/c1-16(2)25(34-26(37)20(30)14-24(35)36)28(39)32-22(13-18-15-31-21-11-7-6-10-19(18)21)27(38)33-23(29(40)41)12-17-8-4-3-5-9-17/h3-11,15-16,20,22-23,25,31H,12-14,30H2,1-2H3,(H,32,39)(H,33,38)(H,34,37)(H,35,36)(H,40,41). The summed E-state index contributed by atoms with van der Waals surface area (Å²) in [6, 6.07) is 11.2. The van der Waals surface area contributed by atoms with Gasteiger partial charge in [-0.05, 0) is 23.1 Å². The number of hydrogen-bond acceptors (Lipinski definition) is 6. The highest BCUT2D eigenvalue weighted by Crippen LogP contribution is 2.19. The van der Waals surface area contributed by atoms with Crippen LogP contribution in [-0.2, 0) is 36.8 Å². The maximum atomic E-state index is 13.5. The number of aromatic amines is 1. The van der Waals surface area contributed by atoms with Crippen LogP contribution in [0.3, 0.4) is 0 Å². The number of aromatic nitrogens is 1. The molecule has 0 spiro atoms. The maximum absolute atomic E-state index is 13.5. The number of fused-ring (bicyclic) bond motifs is 1. The molecule has 41 heavy (non-hydrogen) atoms. The van der Waals surface area contributed by atoms with Gasteiger partial charge in [-0.2, -0.15) is 0 Å². The molecular formula is C29H35N5O7. The smallest absolute Gasteiger partial charge is 0.326 e.